The van der Waals surface area contributed by atoms with Gasteiger partial charge in [0, 0.05) is 5.75 Å². The van der Waals surface area contributed by atoms with Gasteiger partial charge in [-0.2, -0.15) is 12.6 Å². The summed E-state index contributed by atoms with van der Waals surface area (Å²) in [6, 6.07) is -3.72. The van der Waals surface area contributed by atoms with Crippen LogP contribution < -0.4 is 21.7 Å². The van der Waals surface area contributed by atoms with Gasteiger partial charge in [0.25, 0.3) is 0 Å². The van der Waals surface area contributed by atoms with Crippen molar-refractivity contribution in [3.05, 3.63) is 0 Å². The fourth-order valence-electron chi connectivity index (χ4n) is 3.00. The molecule has 3 amide bonds. The molecule has 31 heavy (non-hydrogen) atoms. The Morgan fingerprint density at radius 1 is 0.839 bits per heavy atom. The number of rotatable bonds is 14. The Labute approximate surface area is 191 Å². The molecule has 0 aliphatic carbocycles. The lowest BCUT2D eigenvalue weighted by molar-refractivity contribution is -0.143. The number of carboxylic acids is 1. The molecule has 0 aromatic heterocycles. The second-order valence-corrected chi connectivity index (χ2v) is 9.25. The van der Waals surface area contributed by atoms with E-state index in [-0.39, 0.29) is 23.5 Å². The molecule has 5 unspecified atom stereocenters. The Morgan fingerprint density at radius 3 is 1.74 bits per heavy atom. The van der Waals surface area contributed by atoms with Gasteiger partial charge in [-0.1, -0.05) is 48.0 Å². The molecule has 0 radical (unpaired) electrons. The van der Waals surface area contributed by atoms with Crippen LogP contribution in [0.5, 0.6) is 0 Å². The van der Waals surface area contributed by atoms with Gasteiger partial charge in [0.2, 0.25) is 17.7 Å². The van der Waals surface area contributed by atoms with Gasteiger partial charge in [-0.25, -0.2) is 4.79 Å². The summed E-state index contributed by atoms with van der Waals surface area (Å²) in [5, 5.41) is 17.1. The molecule has 0 spiro atoms. The Balaban J connectivity index is 5.28. The van der Waals surface area contributed by atoms with E-state index >= 15 is 0 Å². The first-order chi connectivity index (χ1) is 14.3. The maximum atomic E-state index is 12.8. The van der Waals surface area contributed by atoms with E-state index in [0.29, 0.717) is 19.3 Å². The number of carbonyl (C=O) groups is 4. The fourth-order valence-corrected chi connectivity index (χ4v) is 3.26. The molecule has 0 rings (SSSR count). The van der Waals surface area contributed by atoms with E-state index in [1.165, 1.54) is 0 Å². The van der Waals surface area contributed by atoms with Gasteiger partial charge in [-0.05, 0) is 30.6 Å². The normalized spacial score (nSPS) is 16.2. The van der Waals surface area contributed by atoms with Gasteiger partial charge < -0.3 is 26.8 Å². The van der Waals surface area contributed by atoms with Crippen LogP contribution in [-0.4, -0.2) is 58.7 Å². The zero-order valence-electron chi connectivity index (χ0n) is 19.5. The lowest BCUT2D eigenvalue weighted by Crippen LogP contribution is -2.58. The van der Waals surface area contributed by atoms with Gasteiger partial charge in [0.15, 0.2) is 0 Å². The Kier molecular flexibility index (Phi) is 13.5. The van der Waals surface area contributed by atoms with Crippen molar-refractivity contribution in [3.8, 4) is 0 Å². The highest BCUT2D eigenvalue weighted by Gasteiger charge is 2.31. The van der Waals surface area contributed by atoms with Crippen LogP contribution in [0.15, 0.2) is 0 Å². The zero-order chi connectivity index (χ0) is 24.3. The number of hydrogen-bond acceptors (Lipinski definition) is 6. The Hall–Kier alpha value is -1.81. The molecule has 0 aliphatic rings. The third kappa shape index (κ3) is 10.9. The largest absolute Gasteiger partial charge is 0.480 e. The predicted molar refractivity (Wildman–Crippen MR) is 124 cm³/mol. The number of amides is 3. The van der Waals surface area contributed by atoms with Crippen LogP contribution in [0.4, 0.5) is 0 Å². The fraction of sp³-hybridized carbons (Fsp3) is 0.810. The maximum Gasteiger partial charge on any atom is 0.326 e. The van der Waals surface area contributed by atoms with Crippen LogP contribution in [0.2, 0.25) is 0 Å². The number of carbonyl (C=O) groups excluding carboxylic acids is 3. The first-order valence-electron chi connectivity index (χ1n) is 10.8. The molecule has 5 atom stereocenters. The highest BCUT2D eigenvalue weighted by atomic mass is 32.1. The third-order valence-electron chi connectivity index (χ3n) is 4.99. The number of nitrogens with one attached hydrogen (secondary N) is 3. The van der Waals surface area contributed by atoms with Gasteiger partial charge >= 0.3 is 5.97 Å². The molecule has 6 N–H and O–H groups in total. The van der Waals surface area contributed by atoms with Crippen LogP contribution >= 0.6 is 12.6 Å². The number of carboxylic acid groups (broad SMARTS) is 1. The summed E-state index contributed by atoms with van der Waals surface area (Å²) in [5.41, 5.74) is 5.92. The minimum absolute atomic E-state index is 0.0281. The van der Waals surface area contributed by atoms with Gasteiger partial charge in [-0.3, -0.25) is 14.4 Å². The topological polar surface area (TPSA) is 151 Å². The van der Waals surface area contributed by atoms with Crippen LogP contribution in [0, 0.1) is 17.8 Å². The van der Waals surface area contributed by atoms with E-state index in [1.807, 2.05) is 34.6 Å². The second-order valence-electron chi connectivity index (χ2n) is 8.88. The van der Waals surface area contributed by atoms with E-state index in [1.54, 1.807) is 6.92 Å². The molecule has 0 saturated carbocycles. The van der Waals surface area contributed by atoms with Crippen LogP contribution in [0.25, 0.3) is 0 Å². The number of thiol groups is 1. The molecule has 180 valence electrons. The van der Waals surface area contributed by atoms with Crippen LogP contribution in [-0.2, 0) is 19.2 Å². The van der Waals surface area contributed by atoms with Crippen molar-refractivity contribution in [2.45, 2.75) is 85.0 Å². The van der Waals surface area contributed by atoms with Crippen molar-refractivity contribution in [3.63, 3.8) is 0 Å². The SMILES string of the molecule is CCC(C)C(NC(=O)C(CS)NC(=O)C(CC(C)C)NC(=O)C(N)CC(C)C)C(=O)O. The van der Waals surface area contributed by atoms with E-state index in [2.05, 4.69) is 28.6 Å². The first kappa shape index (κ1) is 29.2. The quantitative estimate of drug-likeness (QED) is 0.212. The first-order valence-corrected chi connectivity index (χ1v) is 11.5. The van der Waals surface area contributed by atoms with Gasteiger partial charge in [0.1, 0.15) is 18.1 Å². The molecule has 0 aromatic rings. The molecule has 0 fully saturated rings. The number of aliphatic carboxylic acids is 1. The molecule has 0 aromatic carbocycles. The average Bonchev–Trinajstić information content (AvgIpc) is 2.67. The summed E-state index contributed by atoms with van der Waals surface area (Å²) in [5.74, 6) is -2.73. The Morgan fingerprint density at radius 2 is 1.32 bits per heavy atom. The molecule has 0 heterocycles. The second kappa shape index (κ2) is 14.3. The summed E-state index contributed by atoms with van der Waals surface area (Å²) in [4.78, 5) is 49.3. The van der Waals surface area contributed by atoms with E-state index in [0.717, 1.165) is 0 Å². The smallest absolute Gasteiger partial charge is 0.326 e. The zero-order valence-corrected chi connectivity index (χ0v) is 20.4. The van der Waals surface area contributed by atoms with Crippen molar-refractivity contribution < 1.29 is 24.3 Å². The van der Waals surface area contributed by atoms with Crippen LogP contribution in [0.3, 0.4) is 0 Å². The standard InChI is InChI=1S/C21H40N4O5S/c1-7-13(6)17(21(29)30)25-20(28)16(10-31)24-19(27)15(9-12(4)5)23-18(26)14(22)8-11(2)3/h11-17,31H,7-10,22H2,1-6H3,(H,23,26)(H,24,27)(H,25,28)(H,29,30). The number of nitrogens with two attached hydrogens (primary N) is 1. The van der Waals surface area contributed by atoms with Gasteiger partial charge in [0.05, 0.1) is 6.04 Å². The maximum absolute atomic E-state index is 12.8. The molecular formula is C21H40N4O5S. The third-order valence-corrected chi connectivity index (χ3v) is 5.36. The summed E-state index contributed by atoms with van der Waals surface area (Å²) >= 11 is 4.13. The minimum Gasteiger partial charge on any atom is -0.480 e. The van der Waals surface area contributed by atoms with Crippen molar-refractivity contribution in [2.24, 2.45) is 23.5 Å². The molecule has 10 heteroatoms. The predicted octanol–water partition coefficient (Wildman–Crippen LogP) is 0.921. The van der Waals surface area contributed by atoms with Crippen molar-refractivity contribution in [1.29, 1.82) is 0 Å². The summed E-state index contributed by atoms with van der Waals surface area (Å²) in [6.45, 7) is 11.3. The average molecular weight is 461 g/mol. The molecule has 0 aliphatic heterocycles. The van der Waals surface area contributed by atoms with E-state index < -0.39 is 47.9 Å². The monoisotopic (exact) mass is 460 g/mol. The van der Waals surface area contributed by atoms with E-state index in [9.17, 15) is 24.3 Å². The summed E-state index contributed by atoms with van der Waals surface area (Å²) < 4.78 is 0. The highest BCUT2D eigenvalue weighted by Crippen LogP contribution is 2.10. The number of hydrogen-bond donors (Lipinski definition) is 6. The Bertz CT molecular complexity index is 615. The summed E-state index contributed by atoms with van der Waals surface area (Å²) in [6.07, 6.45) is 1.40. The lowest BCUT2D eigenvalue weighted by Gasteiger charge is -2.26. The minimum atomic E-state index is -1.14. The van der Waals surface area contributed by atoms with Crippen molar-refractivity contribution >= 4 is 36.3 Å². The molecule has 0 bridgehead atoms. The molecule has 9 nitrogen and oxygen atoms in total. The van der Waals surface area contributed by atoms with E-state index in [4.69, 9.17) is 5.73 Å². The lowest BCUT2D eigenvalue weighted by atomic mass is 9.99. The summed E-state index contributed by atoms with van der Waals surface area (Å²) in [7, 11) is 0. The molecular weight excluding hydrogens is 420 g/mol. The molecule has 0 saturated heterocycles. The highest BCUT2D eigenvalue weighted by molar-refractivity contribution is 7.80. The van der Waals surface area contributed by atoms with Crippen molar-refractivity contribution in [2.75, 3.05) is 5.75 Å². The van der Waals surface area contributed by atoms with Crippen LogP contribution in [0.1, 0.15) is 60.8 Å². The van der Waals surface area contributed by atoms with Crippen molar-refractivity contribution in [1.82, 2.24) is 16.0 Å². The van der Waals surface area contributed by atoms with Gasteiger partial charge in [-0.15, -0.1) is 0 Å².